The first-order chi connectivity index (χ1) is 21.9. The molecule has 3 atom stereocenters. The molecule has 0 radical (unpaired) electrons. The van der Waals surface area contributed by atoms with E-state index in [4.69, 9.17) is 23.7 Å². The van der Waals surface area contributed by atoms with Gasteiger partial charge in [-0.25, -0.2) is 24.0 Å². The van der Waals surface area contributed by atoms with Crippen LogP contribution in [0.4, 0.5) is 9.59 Å². The normalized spacial score (nSPS) is 13.2. The van der Waals surface area contributed by atoms with Gasteiger partial charge in [-0.15, -0.1) is 0 Å². The van der Waals surface area contributed by atoms with E-state index in [1.54, 1.807) is 45.0 Å². The van der Waals surface area contributed by atoms with Crippen LogP contribution in [0.25, 0.3) is 0 Å². The maximum atomic E-state index is 13.0. The number of rotatable bonds is 18. The summed E-state index contributed by atoms with van der Waals surface area (Å²) in [5, 5.41) is 7.53. The van der Waals surface area contributed by atoms with E-state index in [2.05, 4.69) is 35.6 Å². The molecular formula is C32H51N3O11Si. The number of esters is 3. The highest BCUT2D eigenvalue weighted by Gasteiger charge is 2.29. The van der Waals surface area contributed by atoms with Gasteiger partial charge < -0.3 is 39.6 Å². The third kappa shape index (κ3) is 18.6. The van der Waals surface area contributed by atoms with Gasteiger partial charge in [-0.1, -0.05) is 50.0 Å². The Bertz CT molecular complexity index is 1180. The summed E-state index contributed by atoms with van der Waals surface area (Å²) in [7, 11) is 0.820. The highest BCUT2D eigenvalue weighted by molar-refractivity contribution is 6.76. The van der Waals surface area contributed by atoms with Gasteiger partial charge in [0.2, 0.25) is 5.91 Å². The van der Waals surface area contributed by atoms with E-state index in [9.17, 15) is 28.8 Å². The lowest BCUT2D eigenvalue weighted by Crippen LogP contribution is -2.46. The van der Waals surface area contributed by atoms with Crippen molar-refractivity contribution in [3.05, 3.63) is 35.9 Å². The van der Waals surface area contributed by atoms with Crippen LogP contribution in [0.3, 0.4) is 0 Å². The van der Waals surface area contributed by atoms with Crippen molar-refractivity contribution in [1.29, 1.82) is 0 Å². The van der Waals surface area contributed by atoms with Crippen molar-refractivity contribution >= 4 is 44.1 Å². The average molecular weight is 682 g/mol. The van der Waals surface area contributed by atoms with Crippen LogP contribution in [0.15, 0.2) is 30.3 Å². The molecule has 0 spiro atoms. The Morgan fingerprint density at radius 2 is 1.26 bits per heavy atom. The third-order valence-electron chi connectivity index (χ3n) is 6.53. The number of amides is 3. The van der Waals surface area contributed by atoms with Crippen molar-refractivity contribution in [2.24, 2.45) is 0 Å². The number of nitrogens with one attached hydrogen (secondary N) is 3. The highest BCUT2D eigenvalue weighted by Crippen LogP contribution is 2.13. The summed E-state index contributed by atoms with van der Waals surface area (Å²) in [4.78, 5) is 75.3. The fourth-order valence-electron chi connectivity index (χ4n) is 4.01. The number of carbonyl (C=O) groups is 6. The predicted molar refractivity (Wildman–Crippen MR) is 175 cm³/mol. The monoisotopic (exact) mass is 681 g/mol. The summed E-state index contributed by atoms with van der Waals surface area (Å²) >= 11 is 0. The third-order valence-corrected chi connectivity index (χ3v) is 8.23. The number of methoxy groups -OCH3 is 2. The minimum Gasteiger partial charge on any atom is -0.467 e. The van der Waals surface area contributed by atoms with E-state index < -0.39 is 67.8 Å². The lowest BCUT2D eigenvalue weighted by molar-refractivity contribution is -0.148. The lowest BCUT2D eigenvalue weighted by atomic mass is 10.0. The Kier molecular flexibility index (Phi) is 17.5. The van der Waals surface area contributed by atoms with Gasteiger partial charge in [0, 0.05) is 14.5 Å². The van der Waals surface area contributed by atoms with Crippen molar-refractivity contribution in [1.82, 2.24) is 16.0 Å². The Morgan fingerprint density at radius 1 is 0.723 bits per heavy atom. The molecule has 0 aromatic heterocycles. The molecule has 0 bridgehead atoms. The molecule has 1 aromatic rings. The number of carbonyl (C=O) groups excluding carboxylic acids is 6. The molecule has 0 fully saturated rings. The number of ether oxygens (including phenoxy) is 5. The summed E-state index contributed by atoms with van der Waals surface area (Å²) < 4.78 is 25.4. The molecule has 0 saturated carbocycles. The van der Waals surface area contributed by atoms with Gasteiger partial charge in [-0.05, 0) is 58.1 Å². The molecule has 0 unspecified atom stereocenters. The van der Waals surface area contributed by atoms with Crippen molar-refractivity contribution in [3.63, 3.8) is 0 Å². The summed E-state index contributed by atoms with van der Waals surface area (Å²) in [6, 6.07) is 6.35. The number of hydrogen-bond acceptors (Lipinski definition) is 11. The van der Waals surface area contributed by atoms with Crippen molar-refractivity contribution in [2.45, 2.75) is 109 Å². The second-order valence-corrected chi connectivity index (χ2v) is 18.7. The molecule has 0 aliphatic carbocycles. The summed E-state index contributed by atoms with van der Waals surface area (Å²) in [5.41, 5.74) is -0.0389. The molecule has 14 nitrogen and oxygen atoms in total. The maximum Gasteiger partial charge on any atom is 0.408 e. The van der Waals surface area contributed by atoms with Gasteiger partial charge in [-0.3, -0.25) is 4.79 Å². The number of benzene rings is 1. The Hall–Kier alpha value is -4.14. The number of hydrogen-bond donors (Lipinski definition) is 3. The van der Waals surface area contributed by atoms with Crippen LogP contribution in [0.2, 0.25) is 25.7 Å². The zero-order valence-electron chi connectivity index (χ0n) is 28.8. The molecule has 0 aliphatic heterocycles. The molecule has 0 heterocycles. The van der Waals surface area contributed by atoms with E-state index in [0.717, 1.165) is 18.7 Å². The molecule has 3 N–H and O–H groups in total. The predicted octanol–water partition coefficient (Wildman–Crippen LogP) is 3.84. The van der Waals surface area contributed by atoms with E-state index in [-0.39, 0.29) is 45.3 Å². The van der Waals surface area contributed by atoms with E-state index in [1.807, 2.05) is 6.07 Å². The first-order valence-corrected chi connectivity index (χ1v) is 19.2. The van der Waals surface area contributed by atoms with Crippen LogP contribution in [-0.4, -0.2) is 88.6 Å². The average Bonchev–Trinajstić information content (AvgIpc) is 2.99. The molecule has 264 valence electrons. The van der Waals surface area contributed by atoms with Gasteiger partial charge in [-0.2, -0.15) is 0 Å². The summed E-state index contributed by atoms with van der Waals surface area (Å²) in [5.74, 6) is -2.71. The first-order valence-electron chi connectivity index (χ1n) is 15.5. The molecule has 47 heavy (non-hydrogen) atoms. The molecule has 0 saturated heterocycles. The zero-order valence-corrected chi connectivity index (χ0v) is 29.8. The van der Waals surface area contributed by atoms with Gasteiger partial charge >= 0.3 is 30.1 Å². The van der Waals surface area contributed by atoms with Gasteiger partial charge in [0.05, 0.1) is 20.8 Å². The summed E-state index contributed by atoms with van der Waals surface area (Å²) in [6.07, 6.45) is -1.69. The van der Waals surface area contributed by atoms with Crippen molar-refractivity contribution in [2.75, 3.05) is 20.8 Å². The molecule has 0 aliphatic rings. The van der Waals surface area contributed by atoms with Crippen LogP contribution in [-0.2, 0) is 49.5 Å². The number of alkyl carbamates (subject to hydrolysis) is 2. The van der Waals surface area contributed by atoms with Crippen LogP contribution in [0, 0.1) is 0 Å². The standard InChI is InChI=1S/C32H51N3O11Si/c1-32(2,3)46-31(41)35-23(27(37)42-4)15-12-16-24(29(39)44-19-20-47(6,7)8)33-26(36)18-17-25(28(38)43-5)34-30(40)45-21-22-13-10-9-11-14-22/h9-11,13-14,23-25H,12,15-21H2,1-8H3,(H,33,36)(H,34,40)(H,35,41)/t23-,24+,25-/m1/s1. The van der Waals surface area contributed by atoms with Gasteiger partial charge in [0.15, 0.2) is 0 Å². The zero-order chi connectivity index (χ0) is 35.6. The second-order valence-electron chi connectivity index (χ2n) is 13.1. The fourth-order valence-corrected chi connectivity index (χ4v) is 4.73. The van der Waals surface area contributed by atoms with Crippen LogP contribution < -0.4 is 16.0 Å². The molecule has 15 heteroatoms. The van der Waals surface area contributed by atoms with Crippen molar-refractivity contribution < 1.29 is 52.5 Å². The SMILES string of the molecule is COC(=O)[C@@H](CCC(=O)N[C@@H](CCC[C@@H](NC(=O)OC(C)(C)C)C(=O)OC)C(=O)OCC[Si](C)(C)C)NC(=O)OCc1ccccc1. The Balaban J connectivity index is 2.87. The van der Waals surface area contributed by atoms with Crippen LogP contribution >= 0.6 is 0 Å². The van der Waals surface area contributed by atoms with E-state index >= 15 is 0 Å². The molecule has 1 rings (SSSR count). The lowest BCUT2D eigenvalue weighted by Gasteiger charge is -2.23. The summed E-state index contributed by atoms with van der Waals surface area (Å²) in [6.45, 7) is 11.6. The minimum atomic E-state index is -1.52. The van der Waals surface area contributed by atoms with E-state index in [0.29, 0.717) is 0 Å². The Labute approximate surface area is 277 Å². The highest BCUT2D eigenvalue weighted by atomic mass is 28.3. The van der Waals surface area contributed by atoms with Gasteiger partial charge in [0.1, 0.15) is 30.3 Å². The second kappa shape index (κ2) is 20.2. The first kappa shape index (κ1) is 40.9. The van der Waals surface area contributed by atoms with Crippen LogP contribution in [0.1, 0.15) is 58.4 Å². The largest absolute Gasteiger partial charge is 0.467 e. The van der Waals surface area contributed by atoms with Crippen LogP contribution in [0.5, 0.6) is 0 Å². The molecular weight excluding hydrogens is 630 g/mol. The Morgan fingerprint density at radius 3 is 1.79 bits per heavy atom. The minimum absolute atomic E-state index is 0.0212. The molecule has 1 aromatic carbocycles. The van der Waals surface area contributed by atoms with Gasteiger partial charge in [0.25, 0.3) is 0 Å². The van der Waals surface area contributed by atoms with Crippen molar-refractivity contribution in [3.8, 4) is 0 Å². The fraction of sp³-hybridized carbons (Fsp3) is 0.625. The molecule has 3 amide bonds. The topological polar surface area (TPSA) is 185 Å². The quantitative estimate of drug-likeness (QED) is 0.116. The van der Waals surface area contributed by atoms with E-state index in [1.165, 1.54) is 7.11 Å². The smallest absolute Gasteiger partial charge is 0.408 e. The maximum absolute atomic E-state index is 13.0.